The van der Waals surface area contributed by atoms with E-state index in [0.29, 0.717) is 5.92 Å². The largest absolute Gasteiger partial charge is 0.363 e. The maximum absolute atomic E-state index is 4.55. The van der Waals surface area contributed by atoms with Gasteiger partial charge in [-0.2, -0.15) is 0 Å². The number of nitrogens with one attached hydrogen (secondary N) is 1. The van der Waals surface area contributed by atoms with Crippen molar-refractivity contribution in [3.8, 4) is 0 Å². The highest BCUT2D eigenvalue weighted by molar-refractivity contribution is 5.73. The maximum atomic E-state index is 4.55. The van der Waals surface area contributed by atoms with Crippen molar-refractivity contribution in [2.45, 2.75) is 26.7 Å². The Morgan fingerprint density at radius 2 is 2.06 bits per heavy atom. The second kappa shape index (κ2) is 4.73. The van der Waals surface area contributed by atoms with Gasteiger partial charge in [0.25, 0.3) is 0 Å². The van der Waals surface area contributed by atoms with E-state index in [-0.39, 0.29) is 0 Å². The Morgan fingerprint density at radius 1 is 1.29 bits per heavy atom. The maximum Gasteiger partial charge on any atom is 0.179 e. The van der Waals surface area contributed by atoms with Crippen LogP contribution in [0.5, 0.6) is 0 Å². The Morgan fingerprint density at radius 3 is 2.71 bits per heavy atom. The molecule has 0 aromatic carbocycles. The van der Waals surface area contributed by atoms with Crippen LogP contribution >= 0.6 is 0 Å². The van der Waals surface area contributed by atoms with Crippen molar-refractivity contribution < 1.29 is 0 Å². The van der Waals surface area contributed by atoms with Crippen LogP contribution in [0.1, 0.15) is 26.1 Å². The molecule has 92 valence electrons. The summed E-state index contributed by atoms with van der Waals surface area (Å²) in [5, 5.41) is 0. The number of imidazole rings is 1. The number of pyridine rings is 1. The van der Waals surface area contributed by atoms with Crippen LogP contribution in [-0.4, -0.2) is 29.0 Å². The molecule has 0 aliphatic rings. The summed E-state index contributed by atoms with van der Waals surface area (Å²) in [6.07, 6.45) is 2.16. The van der Waals surface area contributed by atoms with E-state index < -0.39 is 0 Å². The summed E-state index contributed by atoms with van der Waals surface area (Å²) in [6.45, 7) is 4.45. The fourth-order valence-electron chi connectivity index (χ4n) is 1.75. The number of hydrogen-bond acceptors (Lipinski definition) is 3. The van der Waals surface area contributed by atoms with Crippen LogP contribution in [0.2, 0.25) is 0 Å². The summed E-state index contributed by atoms with van der Waals surface area (Å²) < 4.78 is 0. The monoisotopic (exact) mass is 232 g/mol. The predicted molar refractivity (Wildman–Crippen MR) is 71.4 cm³/mol. The van der Waals surface area contributed by atoms with Crippen LogP contribution in [0.3, 0.4) is 0 Å². The number of rotatable bonds is 4. The van der Waals surface area contributed by atoms with E-state index in [2.05, 4.69) is 28.8 Å². The first-order valence-corrected chi connectivity index (χ1v) is 6.13. The van der Waals surface area contributed by atoms with E-state index in [4.69, 9.17) is 0 Å². The zero-order valence-corrected chi connectivity index (χ0v) is 11.0. The first kappa shape index (κ1) is 11.9. The molecule has 4 nitrogen and oxygen atoms in total. The molecule has 2 aromatic rings. The first-order valence-electron chi connectivity index (χ1n) is 6.13. The van der Waals surface area contributed by atoms with Gasteiger partial charge in [0, 0.05) is 20.5 Å². The smallest absolute Gasteiger partial charge is 0.179 e. The van der Waals surface area contributed by atoms with Crippen molar-refractivity contribution in [2.75, 3.05) is 19.0 Å². The minimum Gasteiger partial charge on any atom is -0.363 e. The first-order chi connectivity index (χ1) is 8.10. The number of H-pyrrole nitrogens is 1. The van der Waals surface area contributed by atoms with Crippen LogP contribution < -0.4 is 4.90 Å². The zero-order valence-electron chi connectivity index (χ0n) is 11.0. The van der Waals surface area contributed by atoms with E-state index in [0.717, 1.165) is 29.2 Å². The van der Waals surface area contributed by atoms with Crippen molar-refractivity contribution in [3.05, 3.63) is 18.0 Å². The third kappa shape index (κ3) is 2.57. The molecule has 2 rings (SSSR count). The topological polar surface area (TPSA) is 44.8 Å². The van der Waals surface area contributed by atoms with E-state index >= 15 is 0 Å². The Bertz CT molecular complexity index is 501. The van der Waals surface area contributed by atoms with Gasteiger partial charge in [-0.1, -0.05) is 20.3 Å². The van der Waals surface area contributed by atoms with E-state index in [1.165, 1.54) is 6.42 Å². The van der Waals surface area contributed by atoms with Gasteiger partial charge in [-0.3, -0.25) is 0 Å². The molecular weight excluding hydrogens is 212 g/mol. The second-order valence-electron chi connectivity index (χ2n) is 4.84. The van der Waals surface area contributed by atoms with Crippen molar-refractivity contribution in [1.29, 1.82) is 0 Å². The molecule has 0 fully saturated rings. The fourth-order valence-corrected chi connectivity index (χ4v) is 1.75. The Hall–Kier alpha value is -1.58. The molecule has 4 heteroatoms. The van der Waals surface area contributed by atoms with Gasteiger partial charge < -0.3 is 9.88 Å². The summed E-state index contributed by atoms with van der Waals surface area (Å²) in [4.78, 5) is 14.4. The van der Waals surface area contributed by atoms with Gasteiger partial charge in [0.1, 0.15) is 11.6 Å². The number of nitrogens with zero attached hydrogens (tertiary/aromatic N) is 3. The van der Waals surface area contributed by atoms with Gasteiger partial charge in [-0.05, 0) is 18.1 Å². The molecular formula is C13H20N4. The van der Waals surface area contributed by atoms with Crippen LogP contribution in [0.25, 0.3) is 11.2 Å². The predicted octanol–water partition coefficient (Wildman–Crippen LogP) is 2.61. The molecule has 0 aliphatic heterocycles. The molecule has 0 saturated heterocycles. The lowest BCUT2D eigenvalue weighted by atomic mass is 10.1. The number of fused-ring (bicyclic) bond motifs is 1. The molecule has 17 heavy (non-hydrogen) atoms. The summed E-state index contributed by atoms with van der Waals surface area (Å²) in [6, 6.07) is 4.05. The molecule has 1 N–H and O–H groups in total. The summed E-state index contributed by atoms with van der Waals surface area (Å²) in [7, 11) is 3.97. The van der Waals surface area contributed by atoms with Crippen LogP contribution in [0.4, 0.5) is 5.82 Å². The summed E-state index contributed by atoms with van der Waals surface area (Å²) >= 11 is 0. The number of aromatic nitrogens is 3. The van der Waals surface area contributed by atoms with Crippen molar-refractivity contribution in [1.82, 2.24) is 15.0 Å². The zero-order chi connectivity index (χ0) is 12.4. The highest BCUT2D eigenvalue weighted by Gasteiger charge is 2.08. The molecule has 1 atom stereocenters. The number of hydrogen-bond donors (Lipinski definition) is 1. The van der Waals surface area contributed by atoms with Gasteiger partial charge in [0.2, 0.25) is 0 Å². The van der Waals surface area contributed by atoms with Crippen molar-refractivity contribution in [2.24, 2.45) is 5.92 Å². The average molecular weight is 232 g/mol. The Labute approximate surface area is 102 Å². The molecule has 0 amide bonds. The van der Waals surface area contributed by atoms with Crippen molar-refractivity contribution >= 4 is 17.0 Å². The molecule has 0 spiro atoms. The van der Waals surface area contributed by atoms with Gasteiger partial charge in [0.15, 0.2) is 5.65 Å². The van der Waals surface area contributed by atoms with Crippen LogP contribution in [0.15, 0.2) is 12.1 Å². The normalized spacial score (nSPS) is 12.9. The van der Waals surface area contributed by atoms with Crippen LogP contribution in [0, 0.1) is 5.92 Å². The van der Waals surface area contributed by atoms with E-state index in [1.54, 1.807) is 0 Å². The van der Waals surface area contributed by atoms with Gasteiger partial charge >= 0.3 is 0 Å². The summed E-state index contributed by atoms with van der Waals surface area (Å²) in [5.74, 6) is 2.64. The molecule has 2 heterocycles. The minimum atomic E-state index is 0.656. The SMILES string of the molecule is CCC(C)Cc1nc2nc(N(C)C)ccc2[nH]1. The Kier molecular flexibility index (Phi) is 3.31. The molecule has 0 radical (unpaired) electrons. The highest BCUT2D eigenvalue weighted by Crippen LogP contribution is 2.16. The lowest BCUT2D eigenvalue weighted by Gasteiger charge is -2.09. The molecule has 1 unspecified atom stereocenters. The molecule has 2 aromatic heterocycles. The molecule has 0 saturated carbocycles. The molecule has 0 aliphatic carbocycles. The minimum absolute atomic E-state index is 0.656. The molecule has 0 bridgehead atoms. The van der Waals surface area contributed by atoms with Gasteiger partial charge in [0.05, 0.1) is 5.52 Å². The standard InChI is InChI=1S/C13H20N4/c1-5-9(2)8-11-14-10-6-7-12(17(3)4)16-13(10)15-11/h6-7,9H,5,8H2,1-4H3,(H,14,15,16). The van der Waals surface area contributed by atoms with Crippen LogP contribution in [-0.2, 0) is 6.42 Å². The number of anilines is 1. The van der Waals surface area contributed by atoms with Gasteiger partial charge in [-0.25, -0.2) is 9.97 Å². The second-order valence-corrected chi connectivity index (χ2v) is 4.84. The fraction of sp³-hybridized carbons (Fsp3) is 0.538. The van der Waals surface area contributed by atoms with Gasteiger partial charge in [-0.15, -0.1) is 0 Å². The summed E-state index contributed by atoms with van der Waals surface area (Å²) in [5.41, 5.74) is 1.84. The number of aromatic amines is 1. The lowest BCUT2D eigenvalue weighted by Crippen LogP contribution is -2.10. The Balaban J connectivity index is 2.30. The van der Waals surface area contributed by atoms with E-state index in [1.807, 2.05) is 31.1 Å². The quantitative estimate of drug-likeness (QED) is 0.881. The highest BCUT2D eigenvalue weighted by atomic mass is 15.1. The van der Waals surface area contributed by atoms with E-state index in [9.17, 15) is 0 Å². The third-order valence-electron chi connectivity index (χ3n) is 3.08. The van der Waals surface area contributed by atoms with Crippen molar-refractivity contribution in [3.63, 3.8) is 0 Å². The average Bonchev–Trinajstić information content (AvgIpc) is 2.69. The third-order valence-corrected chi connectivity index (χ3v) is 3.08. The lowest BCUT2D eigenvalue weighted by molar-refractivity contribution is 0.547.